The normalized spacial score (nSPS) is 12.0. The monoisotopic (exact) mass is 655 g/mol. The van der Waals surface area contributed by atoms with Gasteiger partial charge in [-0.3, -0.25) is 19.7 Å². The van der Waals surface area contributed by atoms with E-state index in [2.05, 4.69) is 47.3 Å². The number of nitro benzene ring substituents is 1. The maximum Gasteiger partial charge on any atom is 0.312 e. The van der Waals surface area contributed by atoms with Crippen LogP contribution in [0.2, 0.25) is 0 Å². The van der Waals surface area contributed by atoms with Gasteiger partial charge < -0.3 is 10.1 Å². The van der Waals surface area contributed by atoms with Crippen LogP contribution in [0.3, 0.4) is 0 Å². The first kappa shape index (κ1) is 28.1. The number of amides is 1. The van der Waals surface area contributed by atoms with E-state index < -0.39 is 17.4 Å². The van der Waals surface area contributed by atoms with E-state index in [1.54, 1.807) is 42.5 Å². The molecule has 12 heteroatoms. The highest BCUT2D eigenvalue weighted by molar-refractivity contribution is 9.10. The van der Waals surface area contributed by atoms with Crippen molar-refractivity contribution in [2.45, 2.75) is 26.2 Å². The Kier molecular flexibility index (Phi) is 8.87. The summed E-state index contributed by atoms with van der Waals surface area (Å²) in [5.41, 5.74) is 0.750. The van der Waals surface area contributed by atoms with E-state index in [9.17, 15) is 19.7 Å². The van der Waals surface area contributed by atoms with Crippen molar-refractivity contribution in [1.29, 1.82) is 0 Å². The van der Waals surface area contributed by atoms with Crippen molar-refractivity contribution >= 4 is 66.3 Å². The van der Waals surface area contributed by atoms with E-state index in [4.69, 9.17) is 4.74 Å². The van der Waals surface area contributed by atoms with Gasteiger partial charge in [-0.2, -0.15) is 9.78 Å². The summed E-state index contributed by atoms with van der Waals surface area (Å²) in [6.07, 6.45) is 2.08. The minimum Gasteiger partial charge on any atom is -0.476 e. The number of aromatic nitrogens is 2. The zero-order valence-corrected chi connectivity index (χ0v) is 24.1. The molecule has 0 saturated heterocycles. The van der Waals surface area contributed by atoms with E-state index in [-0.39, 0.29) is 27.4 Å². The molecule has 0 bridgehead atoms. The smallest absolute Gasteiger partial charge is 0.312 e. The molecule has 4 aromatic rings. The summed E-state index contributed by atoms with van der Waals surface area (Å²) in [5.74, 6) is -0.163. The third kappa shape index (κ3) is 6.58. The maximum absolute atomic E-state index is 13.3. The molecule has 0 spiro atoms. The van der Waals surface area contributed by atoms with Gasteiger partial charge in [0.05, 0.1) is 26.5 Å². The average molecular weight is 657 g/mol. The van der Waals surface area contributed by atoms with E-state index in [0.29, 0.717) is 28.0 Å². The molecule has 10 nitrogen and oxygen atoms in total. The highest BCUT2D eigenvalue weighted by Gasteiger charge is 2.22. The van der Waals surface area contributed by atoms with Gasteiger partial charge in [-0.1, -0.05) is 48.0 Å². The van der Waals surface area contributed by atoms with Crippen LogP contribution in [0, 0.1) is 10.1 Å². The molecular formula is C27H23Br2N5O5. The summed E-state index contributed by atoms with van der Waals surface area (Å²) in [5, 5.41) is 19.3. The topological polar surface area (TPSA) is 129 Å². The Balaban J connectivity index is 1.66. The number of rotatable bonds is 9. The molecule has 1 amide bonds. The SMILES string of the molecule is CC[C@H](C)c1nc2ccc(Br)cc2c(=O)n1N=Cc1cc(Br)c(OCC(=O)Nc2ccccc2)c([N+](=O)[O-])c1. The number of carbonyl (C=O) groups excluding carboxylic acids is 1. The van der Waals surface area contributed by atoms with Crippen molar-refractivity contribution in [3.05, 3.63) is 101 Å². The second kappa shape index (κ2) is 12.3. The molecule has 4 rings (SSSR count). The Hall–Kier alpha value is -3.90. The Labute approximate surface area is 240 Å². The minimum atomic E-state index is -0.613. The summed E-state index contributed by atoms with van der Waals surface area (Å²) in [6.45, 7) is 3.49. The molecular weight excluding hydrogens is 634 g/mol. The van der Waals surface area contributed by atoms with E-state index in [1.165, 1.54) is 17.0 Å². The zero-order valence-electron chi connectivity index (χ0n) is 20.9. The summed E-state index contributed by atoms with van der Waals surface area (Å²) in [7, 11) is 0. The van der Waals surface area contributed by atoms with Gasteiger partial charge in [-0.05, 0) is 58.7 Å². The van der Waals surface area contributed by atoms with Crippen LogP contribution in [0.15, 0.2) is 79.5 Å². The first-order chi connectivity index (χ1) is 18.7. The number of ether oxygens (including phenoxy) is 1. The predicted octanol–water partition coefficient (Wildman–Crippen LogP) is 6.24. The quantitative estimate of drug-likeness (QED) is 0.129. The number of halogens is 2. The second-order valence-corrected chi connectivity index (χ2v) is 10.4. The van der Waals surface area contributed by atoms with E-state index in [0.717, 1.165) is 10.9 Å². The molecule has 0 fully saturated rings. The molecule has 1 N–H and O–H groups in total. The number of nitro groups is 1. The first-order valence-electron chi connectivity index (χ1n) is 11.9. The average Bonchev–Trinajstić information content (AvgIpc) is 2.91. The lowest BCUT2D eigenvalue weighted by Crippen LogP contribution is -2.23. The molecule has 3 aromatic carbocycles. The fourth-order valence-electron chi connectivity index (χ4n) is 3.71. The second-order valence-electron chi connectivity index (χ2n) is 8.61. The molecule has 200 valence electrons. The lowest BCUT2D eigenvalue weighted by Gasteiger charge is -2.14. The molecule has 0 aliphatic carbocycles. The van der Waals surface area contributed by atoms with Crippen LogP contribution in [0.5, 0.6) is 5.75 Å². The van der Waals surface area contributed by atoms with Gasteiger partial charge in [-0.25, -0.2) is 4.98 Å². The van der Waals surface area contributed by atoms with Gasteiger partial charge >= 0.3 is 5.69 Å². The minimum absolute atomic E-state index is 0.0678. The van der Waals surface area contributed by atoms with Gasteiger partial charge in [0.15, 0.2) is 6.61 Å². The van der Waals surface area contributed by atoms with Crippen molar-refractivity contribution in [3.8, 4) is 5.75 Å². The highest BCUT2D eigenvalue weighted by atomic mass is 79.9. The number of carbonyl (C=O) groups is 1. The molecule has 0 unspecified atom stereocenters. The van der Waals surface area contributed by atoms with Crippen molar-refractivity contribution in [1.82, 2.24) is 9.66 Å². The van der Waals surface area contributed by atoms with Crippen molar-refractivity contribution in [2.24, 2.45) is 5.10 Å². The summed E-state index contributed by atoms with van der Waals surface area (Å²) < 4.78 is 7.71. The number of hydrogen-bond acceptors (Lipinski definition) is 7. The number of nitrogens with one attached hydrogen (secondary N) is 1. The third-order valence-corrected chi connectivity index (χ3v) is 6.94. The molecule has 1 atom stereocenters. The van der Waals surface area contributed by atoms with Gasteiger partial charge in [0.1, 0.15) is 5.82 Å². The number of benzene rings is 3. The Morgan fingerprint density at radius 1 is 1.21 bits per heavy atom. The standard InChI is InChI=1S/C27H23Br2N5O5/c1-3-16(2)26-32-22-10-9-18(28)13-20(22)27(36)33(26)30-14-17-11-21(29)25(23(12-17)34(37)38)39-15-24(35)31-19-7-5-4-6-8-19/h4-14,16H,3,15H2,1-2H3,(H,31,35)/t16-/m0/s1. The highest BCUT2D eigenvalue weighted by Crippen LogP contribution is 2.36. The van der Waals surface area contributed by atoms with Crippen LogP contribution in [-0.4, -0.2) is 33.3 Å². The van der Waals surface area contributed by atoms with Gasteiger partial charge in [0, 0.05) is 27.7 Å². The van der Waals surface area contributed by atoms with Crippen molar-refractivity contribution < 1.29 is 14.5 Å². The Morgan fingerprint density at radius 2 is 1.95 bits per heavy atom. The molecule has 0 radical (unpaired) electrons. The predicted molar refractivity (Wildman–Crippen MR) is 157 cm³/mol. The van der Waals surface area contributed by atoms with Crippen LogP contribution in [0.4, 0.5) is 11.4 Å². The number of fused-ring (bicyclic) bond motifs is 1. The fraction of sp³-hybridized carbons (Fsp3) is 0.185. The summed E-state index contributed by atoms with van der Waals surface area (Å²) in [6, 6.07) is 16.9. The lowest BCUT2D eigenvalue weighted by atomic mass is 10.1. The van der Waals surface area contributed by atoms with Gasteiger partial charge in [-0.15, -0.1) is 0 Å². The van der Waals surface area contributed by atoms with E-state index >= 15 is 0 Å². The van der Waals surface area contributed by atoms with Crippen LogP contribution in [-0.2, 0) is 4.79 Å². The van der Waals surface area contributed by atoms with Crippen molar-refractivity contribution in [3.63, 3.8) is 0 Å². The lowest BCUT2D eigenvalue weighted by molar-refractivity contribution is -0.385. The van der Waals surface area contributed by atoms with Crippen molar-refractivity contribution in [2.75, 3.05) is 11.9 Å². The number of hydrogen-bond donors (Lipinski definition) is 1. The van der Waals surface area contributed by atoms with Crippen LogP contribution >= 0.6 is 31.9 Å². The van der Waals surface area contributed by atoms with E-state index in [1.807, 2.05) is 26.0 Å². The van der Waals surface area contributed by atoms with Crippen LogP contribution in [0.1, 0.15) is 37.6 Å². The zero-order chi connectivity index (χ0) is 28.1. The van der Waals surface area contributed by atoms with Gasteiger partial charge in [0.25, 0.3) is 11.5 Å². The maximum atomic E-state index is 13.3. The fourth-order valence-corrected chi connectivity index (χ4v) is 4.66. The first-order valence-corrected chi connectivity index (χ1v) is 13.5. The molecule has 1 heterocycles. The largest absolute Gasteiger partial charge is 0.476 e. The molecule has 0 aliphatic heterocycles. The summed E-state index contributed by atoms with van der Waals surface area (Å²) in [4.78, 5) is 41.5. The molecule has 0 aliphatic rings. The summed E-state index contributed by atoms with van der Waals surface area (Å²) >= 11 is 6.69. The Bertz CT molecular complexity index is 1640. The number of anilines is 1. The Morgan fingerprint density at radius 3 is 2.64 bits per heavy atom. The number of nitrogens with zero attached hydrogens (tertiary/aromatic N) is 4. The number of para-hydroxylation sites is 1. The molecule has 0 saturated carbocycles. The van der Waals surface area contributed by atoms with Gasteiger partial charge in [0.2, 0.25) is 5.75 Å². The third-order valence-electron chi connectivity index (χ3n) is 5.86. The molecule has 1 aromatic heterocycles. The van der Waals surface area contributed by atoms with Crippen LogP contribution < -0.4 is 15.6 Å². The molecule has 39 heavy (non-hydrogen) atoms. The van der Waals surface area contributed by atoms with Crippen LogP contribution in [0.25, 0.3) is 10.9 Å².